The molecule has 1 amide bonds. The Morgan fingerprint density at radius 3 is 2.62 bits per heavy atom. The first-order valence-corrected chi connectivity index (χ1v) is 12.9. The van der Waals surface area contributed by atoms with E-state index in [-0.39, 0.29) is 22.9 Å². The average Bonchev–Trinajstić information content (AvgIpc) is 3.04. The predicted molar refractivity (Wildman–Crippen MR) is 121 cm³/mol. The molecule has 2 aromatic rings. The van der Waals surface area contributed by atoms with Crippen molar-refractivity contribution in [2.24, 2.45) is 11.8 Å². The lowest BCUT2D eigenvalue weighted by Crippen LogP contribution is -2.40. The van der Waals surface area contributed by atoms with Gasteiger partial charge in [0.05, 0.1) is 17.0 Å². The number of aryl methyl sites for hydroxylation is 1. The first kappa shape index (κ1) is 24.4. The van der Waals surface area contributed by atoms with Gasteiger partial charge in [0.25, 0.3) is 0 Å². The molecule has 1 aromatic carbocycles. The number of piperidine rings is 1. The van der Waals surface area contributed by atoms with E-state index in [2.05, 4.69) is 29.0 Å². The van der Waals surface area contributed by atoms with E-state index in [9.17, 15) is 17.6 Å². The van der Waals surface area contributed by atoms with Gasteiger partial charge in [-0.2, -0.15) is 0 Å². The number of oxazole rings is 1. The van der Waals surface area contributed by atoms with Crippen LogP contribution in [-0.2, 0) is 20.4 Å². The van der Waals surface area contributed by atoms with Gasteiger partial charge in [-0.3, -0.25) is 4.79 Å². The zero-order valence-electron chi connectivity index (χ0n) is 18.9. The van der Waals surface area contributed by atoms with Crippen molar-refractivity contribution >= 4 is 15.7 Å². The molecule has 1 aliphatic heterocycles. The Morgan fingerprint density at radius 2 is 1.94 bits per heavy atom. The van der Waals surface area contributed by atoms with Crippen LogP contribution < -0.4 is 5.32 Å². The third kappa shape index (κ3) is 6.87. The molecule has 32 heavy (non-hydrogen) atoms. The number of halogens is 1. The highest BCUT2D eigenvalue weighted by atomic mass is 32.2. The Kier molecular flexibility index (Phi) is 8.05. The standard InChI is InChI=1S/C23H32FN3O4S/c1-16-11-17(2)13-27(12-16)10-6-9-25-22(28)15-32(29,30)14-21-18(3)31-23(26-21)19-7-4-5-8-20(19)24/h4-5,7-8,16-17H,6,9-15H2,1-3H3,(H,25,28)/t16-,17+. The van der Waals surface area contributed by atoms with Gasteiger partial charge in [0, 0.05) is 19.6 Å². The highest BCUT2D eigenvalue weighted by Gasteiger charge is 2.23. The van der Waals surface area contributed by atoms with Gasteiger partial charge in [0.15, 0.2) is 9.84 Å². The van der Waals surface area contributed by atoms with E-state index >= 15 is 0 Å². The smallest absolute Gasteiger partial charge is 0.235 e. The maximum absolute atomic E-state index is 14.0. The molecule has 1 saturated heterocycles. The molecule has 7 nitrogen and oxygen atoms in total. The molecule has 1 aliphatic rings. The minimum atomic E-state index is -3.75. The summed E-state index contributed by atoms with van der Waals surface area (Å²) in [6, 6.07) is 5.98. The molecule has 0 bridgehead atoms. The number of hydrogen-bond donors (Lipinski definition) is 1. The molecule has 9 heteroatoms. The van der Waals surface area contributed by atoms with Gasteiger partial charge in [0.2, 0.25) is 11.8 Å². The van der Waals surface area contributed by atoms with Crippen LogP contribution in [0.15, 0.2) is 28.7 Å². The maximum Gasteiger partial charge on any atom is 0.235 e. The molecule has 2 atom stereocenters. The van der Waals surface area contributed by atoms with Crippen LogP contribution in [0.25, 0.3) is 11.5 Å². The Balaban J connectivity index is 1.48. The summed E-state index contributed by atoms with van der Waals surface area (Å²) in [5.74, 6) is -0.416. The van der Waals surface area contributed by atoms with E-state index in [1.165, 1.54) is 18.6 Å². The summed E-state index contributed by atoms with van der Waals surface area (Å²) in [7, 11) is -3.75. The first-order valence-electron chi connectivity index (χ1n) is 11.0. The van der Waals surface area contributed by atoms with Gasteiger partial charge in [-0.1, -0.05) is 26.0 Å². The van der Waals surface area contributed by atoms with Crippen molar-refractivity contribution in [1.82, 2.24) is 15.2 Å². The van der Waals surface area contributed by atoms with Crippen molar-refractivity contribution in [3.63, 3.8) is 0 Å². The van der Waals surface area contributed by atoms with Crippen LogP contribution >= 0.6 is 0 Å². The molecule has 176 valence electrons. The molecule has 0 spiro atoms. The number of likely N-dealkylation sites (tertiary alicyclic amines) is 1. The second-order valence-electron chi connectivity index (χ2n) is 8.94. The Hall–Kier alpha value is -2.26. The number of nitrogens with one attached hydrogen (secondary N) is 1. The lowest BCUT2D eigenvalue weighted by molar-refractivity contribution is -0.118. The van der Waals surface area contributed by atoms with E-state index in [0.29, 0.717) is 18.4 Å². The van der Waals surface area contributed by atoms with Gasteiger partial charge < -0.3 is 14.6 Å². The third-order valence-electron chi connectivity index (χ3n) is 5.62. The molecule has 0 aliphatic carbocycles. The summed E-state index contributed by atoms with van der Waals surface area (Å²) in [5.41, 5.74) is 0.346. The molecular formula is C23H32FN3O4S. The number of sulfone groups is 1. The van der Waals surface area contributed by atoms with Crippen molar-refractivity contribution in [1.29, 1.82) is 0 Å². The third-order valence-corrected chi connectivity index (χ3v) is 7.04. The number of aromatic nitrogens is 1. The summed E-state index contributed by atoms with van der Waals surface area (Å²) >= 11 is 0. The van der Waals surface area contributed by atoms with Gasteiger partial charge in [-0.05, 0) is 50.3 Å². The van der Waals surface area contributed by atoms with Gasteiger partial charge >= 0.3 is 0 Å². The van der Waals surface area contributed by atoms with E-state index in [1.807, 2.05) is 0 Å². The van der Waals surface area contributed by atoms with Gasteiger partial charge in [-0.25, -0.2) is 17.8 Å². The van der Waals surface area contributed by atoms with E-state index in [1.54, 1.807) is 19.1 Å². The summed E-state index contributed by atoms with van der Waals surface area (Å²) < 4.78 is 44.4. The number of amides is 1. The Morgan fingerprint density at radius 1 is 1.25 bits per heavy atom. The SMILES string of the molecule is Cc1oc(-c2ccccc2F)nc1CS(=O)(=O)CC(=O)NCCCN1C[C@H](C)C[C@H](C)C1. The van der Waals surface area contributed by atoms with Crippen molar-refractivity contribution in [2.45, 2.75) is 39.4 Å². The number of benzene rings is 1. The Bertz CT molecular complexity index is 1030. The van der Waals surface area contributed by atoms with Crippen molar-refractivity contribution in [2.75, 3.05) is 31.9 Å². The number of carbonyl (C=O) groups excluding carboxylic acids is 1. The van der Waals surface area contributed by atoms with Crippen LogP contribution in [0.4, 0.5) is 4.39 Å². The molecule has 0 radical (unpaired) electrons. The predicted octanol–water partition coefficient (Wildman–Crippen LogP) is 3.19. The maximum atomic E-state index is 14.0. The molecule has 0 saturated carbocycles. The van der Waals surface area contributed by atoms with Gasteiger partial charge in [0.1, 0.15) is 17.3 Å². The van der Waals surface area contributed by atoms with E-state index < -0.39 is 33.1 Å². The molecule has 1 N–H and O–H groups in total. The van der Waals surface area contributed by atoms with Crippen LogP contribution in [-0.4, -0.2) is 56.1 Å². The normalized spacial score (nSPS) is 19.8. The van der Waals surface area contributed by atoms with Crippen LogP contribution in [0.1, 0.15) is 38.1 Å². The average molecular weight is 466 g/mol. The van der Waals surface area contributed by atoms with Crippen LogP contribution in [0, 0.1) is 24.6 Å². The largest absolute Gasteiger partial charge is 0.441 e. The highest BCUT2D eigenvalue weighted by molar-refractivity contribution is 7.91. The quantitative estimate of drug-likeness (QED) is 0.572. The lowest BCUT2D eigenvalue weighted by Gasteiger charge is -2.34. The fourth-order valence-corrected chi connectivity index (χ4v) is 5.62. The zero-order valence-corrected chi connectivity index (χ0v) is 19.8. The number of nitrogens with zero attached hydrogens (tertiary/aromatic N) is 2. The van der Waals surface area contributed by atoms with E-state index in [0.717, 1.165) is 26.1 Å². The second-order valence-corrected chi connectivity index (χ2v) is 11.0. The fourth-order valence-electron chi connectivity index (χ4n) is 4.33. The minimum Gasteiger partial charge on any atom is -0.441 e. The summed E-state index contributed by atoms with van der Waals surface area (Å²) in [6.45, 7) is 9.55. The number of hydrogen-bond acceptors (Lipinski definition) is 6. The zero-order chi connectivity index (χ0) is 23.3. The summed E-state index contributed by atoms with van der Waals surface area (Å²) in [6.07, 6.45) is 2.03. The minimum absolute atomic E-state index is 0.0246. The van der Waals surface area contributed by atoms with Crippen molar-refractivity contribution in [3.05, 3.63) is 41.5 Å². The monoisotopic (exact) mass is 465 g/mol. The highest BCUT2D eigenvalue weighted by Crippen LogP contribution is 2.25. The topological polar surface area (TPSA) is 92.5 Å². The lowest BCUT2D eigenvalue weighted by atomic mass is 9.92. The van der Waals surface area contributed by atoms with Crippen LogP contribution in [0.5, 0.6) is 0 Å². The summed E-state index contributed by atoms with van der Waals surface area (Å²) in [5, 5.41) is 2.70. The molecule has 2 heterocycles. The Labute approximate surface area is 189 Å². The number of rotatable bonds is 9. The second kappa shape index (κ2) is 10.6. The van der Waals surface area contributed by atoms with Gasteiger partial charge in [-0.15, -0.1) is 0 Å². The molecule has 0 unspecified atom stereocenters. The molecule has 1 fully saturated rings. The molecular weight excluding hydrogens is 433 g/mol. The van der Waals surface area contributed by atoms with Crippen molar-refractivity contribution < 1.29 is 22.0 Å². The van der Waals surface area contributed by atoms with E-state index in [4.69, 9.17) is 4.42 Å². The van der Waals surface area contributed by atoms with Crippen molar-refractivity contribution in [3.8, 4) is 11.5 Å². The van der Waals surface area contributed by atoms with Crippen LogP contribution in [0.2, 0.25) is 0 Å². The van der Waals surface area contributed by atoms with Crippen LogP contribution in [0.3, 0.4) is 0 Å². The number of carbonyl (C=O) groups is 1. The first-order chi connectivity index (χ1) is 15.1. The summed E-state index contributed by atoms with van der Waals surface area (Å²) in [4.78, 5) is 18.7. The molecule has 3 rings (SSSR count). The molecule has 1 aromatic heterocycles. The fraction of sp³-hybridized carbons (Fsp3) is 0.565.